The highest BCUT2D eigenvalue weighted by atomic mass is 16.5. The van der Waals surface area contributed by atoms with Gasteiger partial charge in [0.2, 0.25) is 0 Å². The minimum Gasteiger partial charge on any atom is -0.465 e. The molecular weight excluding hydrogens is 178 g/mol. The first-order valence-corrected chi connectivity index (χ1v) is 5.45. The van der Waals surface area contributed by atoms with Crippen molar-refractivity contribution >= 4 is 5.97 Å². The Labute approximate surface area is 87.2 Å². The summed E-state index contributed by atoms with van der Waals surface area (Å²) in [5.74, 6) is 0.390. The van der Waals surface area contributed by atoms with Crippen LogP contribution < -0.4 is 5.32 Å². The zero-order valence-electron chi connectivity index (χ0n) is 9.80. The minimum atomic E-state index is -0.146. The van der Waals surface area contributed by atoms with E-state index in [-0.39, 0.29) is 12.0 Å². The zero-order valence-corrected chi connectivity index (χ0v) is 9.80. The van der Waals surface area contributed by atoms with Crippen molar-refractivity contribution in [1.82, 2.24) is 5.32 Å². The number of likely N-dealkylation sites (N-methyl/N-ethyl adjacent to an activating group) is 1. The van der Waals surface area contributed by atoms with Gasteiger partial charge in [-0.25, -0.2) is 0 Å². The molecule has 0 spiro atoms. The first-order valence-electron chi connectivity index (χ1n) is 5.45. The predicted molar refractivity (Wildman–Crippen MR) is 58.2 cm³/mol. The van der Waals surface area contributed by atoms with E-state index in [0.29, 0.717) is 12.5 Å². The Morgan fingerprint density at radius 2 is 2.07 bits per heavy atom. The smallest absolute Gasteiger partial charge is 0.323 e. The summed E-state index contributed by atoms with van der Waals surface area (Å²) in [7, 11) is 1.80. The Hall–Kier alpha value is -0.570. The molecule has 1 N–H and O–H groups in total. The number of carbonyl (C=O) groups is 1. The number of unbranched alkanes of at least 4 members (excludes halogenated alkanes) is 1. The van der Waals surface area contributed by atoms with Crippen LogP contribution in [0.5, 0.6) is 0 Å². The quantitative estimate of drug-likeness (QED) is 0.505. The normalized spacial score (nSPS) is 12.9. The van der Waals surface area contributed by atoms with Crippen LogP contribution in [-0.2, 0) is 9.53 Å². The molecule has 14 heavy (non-hydrogen) atoms. The van der Waals surface area contributed by atoms with E-state index < -0.39 is 0 Å². The maximum Gasteiger partial charge on any atom is 0.323 e. The molecule has 0 aliphatic heterocycles. The molecule has 0 saturated carbocycles. The van der Waals surface area contributed by atoms with Crippen molar-refractivity contribution in [1.29, 1.82) is 0 Å². The molecule has 0 heterocycles. The maximum atomic E-state index is 11.5. The highest BCUT2D eigenvalue weighted by Crippen LogP contribution is 2.06. The molecule has 0 amide bonds. The lowest BCUT2D eigenvalue weighted by Crippen LogP contribution is -2.36. The van der Waals surface area contributed by atoms with Crippen LogP contribution in [0.4, 0.5) is 0 Å². The molecule has 0 aromatic carbocycles. The lowest BCUT2D eigenvalue weighted by atomic mass is 10.0. The molecule has 3 heteroatoms. The van der Waals surface area contributed by atoms with E-state index in [1.54, 1.807) is 7.05 Å². The van der Waals surface area contributed by atoms with Crippen molar-refractivity contribution in [2.24, 2.45) is 5.92 Å². The van der Waals surface area contributed by atoms with Crippen LogP contribution in [0.3, 0.4) is 0 Å². The van der Waals surface area contributed by atoms with Gasteiger partial charge in [0.1, 0.15) is 6.04 Å². The van der Waals surface area contributed by atoms with E-state index in [4.69, 9.17) is 4.74 Å². The predicted octanol–water partition coefficient (Wildman–Crippen LogP) is 1.96. The highest BCUT2D eigenvalue weighted by molar-refractivity contribution is 5.75. The largest absolute Gasteiger partial charge is 0.465 e. The summed E-state index contributed by atoms with van der Waals surface area (Å²) < 4.78 is 5.13. The third kappa shape index (κ3) is 5.97. The SMILES string of the molecule is CCCCOC(=O)[C@@H](CC(C)C)NC. The molecule has 0 rings (SSSR count). The first kappa shape index (κ1) is 13.4. The molecular formula is C11H23NO2. The Balaban J connectivity index is 3.79. The van der Waals surface area contributed by atoms with Crippen LogP contribution in [0, 0.1) is 5.92 Å². The van der Waals surface area contributed by atoms with Gasteiger partial charge in [-0.15, -0.1) is 0 Å². The molecule has 0 bridgehead atoms. The molecule has 0 radical (unpaired) electrons. The average molecular weight is 201 g/mol. The van der Waals surface area contributed by atoms with E-state index in [9.17, 15) is 4.79 Å². The Bertz CT molecular complexity index is 157. The Morgan fingerprint density at radius 3 is 2.50 bits per heavy atom. The second-order valence-corrected chi connectivity index (χ2v) is 3.99. The van der Waals surface area contributed by atoms with Gasteiger partial charge in [0, 0.05) is 0 Å². The third-order valence-corrected chi connectivity index (χ3v) is 2.08. The summed E-state index contributed by atoms with van der Waals surface area (Å²) >= 11 is 0. The van der Waals surface area contributed by atoms with E-state index in [1.807, 2.05) is 0 Å². The van der Waals surface area contributed by atoms with E-state index >= 15 is 0 Å². The number of hydrogen-bond donors (Lipinski definition) is 1. The van der Waals surface area contributed by atoms with Crippen LogP contribution in [0.2, 0.25) is 0 Å². The van der Waals surface area contributed by atoms with Gasteiger partial charge in [0.25, 0.3) is 0 Å². The van der Waals surface area contributed by atoms with Crippen LogP contribution >= 0.6 is 0 Å². The number of ether oxygens (including phenoxy) is 1. The van der Waals surface area contributed by atoms with E-state index in [1.165, 1.54) is 0 Å². The fraction of sp³-hybridized carbons (Fsp3) is 0.909. The monoisotopic (exact) mass is 201 g/mol. The van der Waals surface area contributed by atoms with Gasteiger partial charge in [-0.1, -0.05) is 27.2 Å². The molecule has 0 aliphatic carbocycles. The lowest BCUT2D eigenvalue weighted by molar-refractivity contribution is -0.146. The van der Waals surface area contributed by atoms with Crippen molar-refractivity contribution in [3.8, 4) is 0 Å². The summed E-state index contributed by atoms with van der Waals surface area (Å²) in [6, 6.07) is -0.146. The number of esters is 1. The second-order valence-electron chi connectivity index (χ2n) is 3.99. The zero-order chi connectivity index (χ0) is 11.0. The van der Waals surface area contributed by atoms with Gasteiger partial charge in [0.15, 0.2) is 0 Å². The summed E-state index contributed by atoms with van der Waals surface area (Å²) in [6.45, 7) is 6.83. The van der Waals surface area contributed by atoms with Crippen molar-refractivity contribution in [3.05, 3.63) is 0 Å². The molecule has 0 aromatic heterocycles. The van der Waals surface area contributed by atoms with E-state index in [2.05, 4.69) is 26.1 Å². The van der Waals surface area contributed by atoms with Gasteiger partial charge in [0.05, 0.1) is 6.61 Å². The Morgan fingerprint density at radius 1 is 1.43 bits per heavy atom. The van der Waals surface area contributed by atoms with Crippen LogP contribution in [0.1, 0.15) is 40.0 Å². The van der Waals surface area contributed by atoms with Gasteiger partial charge < -0.3 is 10.1 Å². The van der Waals surface area contributed by atoms with Crippen molar-refractivity contribution in [2.75, 3.05) is 13.7 Å². The molecule has 84 valence electrons. The second kappa shape index (κ2) is 7.80. The summed E-state index contributed by atoms with van der Waals surface area (Å²) in [5.41, 5.74) is 0. The van der Waals surface area contributed by atoms with Crippen molar-refractivity contribution in [2.45, 2.75) is 46.1 Å². The van der Waals surface area contributed by atoms with Crippen LogP contribution in [0.15, 0.2) is 0 Å². The summed E-state index contributed by atoms with van der Waals surface area (Å²) in [6.07, 6.45) is 2.84. The molecule has 0 unspecified atom stereocenters. The van der Waals surface area contributed by atoms with Crippen LogP contribution in [-0.4, -0.2) is 25.7 Å². The topological polar surface area (TPSA) is 38.3 Å². The number of nitrogens with one attached hydrogen (secondary N) is 1. The van der Waals surface area contributed by atoms with E-state index in [0.717, 1.165) is 19.3 Å². The third-order valence-electron chi connectivity index (χ3n) is 2.08. The highest BCUT2D eigenvalue weighted by Gasteiger charge is 2.18. The summed E-state index contributed by atoms with van der Waals surface area (Å²) in [4.78, 5) is 11.5. The average Bonchev–Trinajstić information content (AvgIpc) is 2.14. The van der Waals surface area contributed by atoms with Crippen molar-refractivity contribution in [3.63, 3.8) is 0 Å². The van der Waals surface area contributed by atoms with Crippen LogP contribution in [0.25, 0.3) is 0 Å². The number of hydrogen-bond acceptors (Lipinski definition) is 3. The molecule has 3 nitrogen and oxygen atoms in total. The number of carbonyl (C=O) groups excluding carboxylic acids is 1. The minimum absolute atomic E-state index is 0.116. The van der Waals surface area contributed by atoms with Crippen molar-refractivity contribution < 1.29 is 9.53 Å². The fourth-order valence-corrected chi connectivity index (χ4v) is 1.22. The molecule has 0 aliphatic rings. The standard InChI is InChI=1S/C11H23NO2/c1-5-6-7-14-11(13)10(12-4)8-9(2)3/h9-10,12H,5-8H2,1-4H3/t10-/m1/s1. The molecule has 0 fully saturated rings. The number of rotatable bonds is 7. The first-order chi connectivity index (χ1) is 6.61. The fourth-order valence-electron chi connectivity index (χ4n) is 1.22. The molecule has 0 saturated heterocycles. The Kier molecular flexibility index (Phi) is 7.48. The molecule has 1 atom stereocenters. The maximum absolute atomic E-state index is 11.5. The van der Waals surface area contributed by atoms with Gasteiger partial charge in [-0.05, 0) is 25.8 Å². The van der Waals surface area contributed by atoms with Gasteiger partial charge in [-0.2, -0.15) is 0 Å². The van der Waals surface area contributed by atoms with Gasteiger partial charge >= 0.3 is 5.97 Å². The van der Waals surface area contributed by atoms with Gasteiger partial charge in [-0.3, -0.25) is 4.79 Å². The molecule has 0 aromatic rings. The summed E-state index contributed by atoms with van der Waals surface area (Å²) in [5, 5.41) is 2.99. The lowest BCUT2D eigenvalue weighted by Gasteiger charge is -2.16.